The third-order valence-electron chi connectivity index (χ3n) is 3.44. The van der Waals surface area contributed by atoms with Gasteiger partial charge < -0.3 is 18.9 Å². The van der Waals surface area contributed by atoms with Crippen molar-refractivity contribution in [1.82, 2.24) is 0 Å². The Morgan fingerprint density at radius 3 is 1.35 bits per heavy atom. The van der Waals surface area contributed by atoms with Gasteiger partial charge in [-0.05, 0) is 35.4 Å². The smallest absolute Gasteiger partial charge is 0.331 e. The molecule has 0 aliphatic rings. The average Bonchev–Trinajstić information content (AvgIpc) is 2.69. The lowest BCUT2D eigenvalue weighted by Gasteiger charge is -2.04. The summed E-state index contributed by atoms with van der Waals surface area (Å²) in [6, 6.07) is 14.3. The second kappa shape index (κ2) is 9.88. The van der Waals surface area contributed by atoms with Gasteiger partial charge in [-0.15, -0.1) is 0 Å². The number of methoxy groups -OCH3 is 2. The van der Waals surface area contributed by atoms with Crippen LogP contribution in [0.2, 0.25) is 0 Å². The Labute approximate surface area is 151 Å². The van der Waals surface area contributed by atoms with E-state index in [1.807, 2.05) is 0 Å². The van der Waals surface area contributed by atoms with E-state index in [2.05, 4.69) is 0 Å². The maximum Gasteiger partial charge on any atom is 0.331 e. The van der Waals surface area contributed by atoms with Crippen LogP contribution in [0.4, 0.5) is 0 Å². The Bertz CT molecular complexity index is 681. The van der Waals surface area contributed by atoms with Crippen LogP contribution in [0.15, 0.2) is 60.7 Å². The number of hydrogen-bond acceptors (Lipinski definition) is 6. The van der Waals surface area contributed by atoms with Crippen molar-refractivity contribution in [3.8, 4) is 11.5 Å². The summed E-state index contributed by atoms with van der Waals surface area (Å²) in [4.78, 5) is 23.3. The molecule has 0 saturated heterocycles. The van der Waals surface area contributed by atoms with Gasteiger partial charge in [0.05, 0.1) is 14.2 Å². The van der Waals surface area contributed by atoms with Gasteiger partial charge in [-0.1, -0.05) is 24.3 Å². The Balaban J connectivity index is 1.72. The third-order valence-corrected chi connectivity index (χ3v) is 3.44. The number of esters is 2. The Kier molecular flexibility index (Phi) is 7.24. The Morgan fingerprint density at radius 2 is 1.04 bits per heavy atom. The van der Waals surface area contributed by atoms with Gasteiger partial charge in [0.2, 0.25) is 0 Å². The number of carbonyl (C=O) groups is 2. The van der Waals surface area contributed by atoms with Crippen LogP contribution in [0, 0.1) is 0 Å². The summed E-state index contributed by atoms with van der Waals surface area (Å²) in [5.74, 6) is 0.198. The second-order valence-corrected chi connectivity index (χ2v) is 5.24. The fourth-order valence-corrected chi connectivity index (χ4v) is 1.98. The van der Waals surface area contributed by atoms with E-state index in [1.54, 1.807) is 62.8 Å². The van der Waals surface area contributed by atoms with E-state index >= 15 is 0 Å². The van der Waals surface area contributed by atoms with Gasteiger partial charge in [0.25, 0.3) is 0 Å². The molecule has 2 rings (SSSR count). The summed E-state index contributed by atoms with van der Waals surface area (Å²) in [5, 5.41) is 0. The quantitative estimate of drug-likeness (QED) is 0.535. The molecule has 2 aromatic rings. The van der Waals surface area contributed by atoms with Gasteiger partial charge in [-0.25, -0.2) is 9.59 Å². The molecule has 26 heavy (non-hydrogen) atoms. The first-order valence-corrected chi connectivity index (χ1v) is 7.88. The summed E-state index contributed by atoms with van der Waals surface area (Å²) in [6.45, 7) is 0.210. The van der Waals surface area contributed by atoms with Crippen LogP contribution in [-0.4, -0.2) is 26.2 Å². The van der Waals surface area contributed by atoms with Crippen molar-refractivity contribution >= 4 is 11.9 Å². The highest BCUT2D eigenvalue weighted by atomic mass is 16.5. The summed E-state index contributed by atoms with van der Waals surface area (Å²) < 4.78 is 20.2. The van der Waals surface area contributed by atoms with Gasteiger partial charge in [0.15, 0.2) is 0 Å². The minimum Gasteiger partial charge on any atom is -0.497 e. The van der Waals surface area contributed by atoms with Crippen molar-refractivity contribution < 1.29 is 28.5 Å². The summed E-state index contributed by atoms with van der Waals surface area (Å²) >= 11 is 0. The minimum absolute atomic E-state index is 0.105. The molecule has 2 aromatic carbocycles. The summed E-state index contributed by atoms with van der Waals surface area (Å²) in [6.07, 6.45) is 2.08. The molecule has 0 spiro atoms. The molecule has 0 N–H and O–H groups in total. The average molecular weight is 356 g/mol. The minimum atomic E-state index is -0.623. The topological polar surface area (TPSA) is 71.1 Å². The van der Waals surface area contributed by atoms with Crippen LogP contribution in [0.1, 0.15) is 11.1 Å². The van der Waals surface area contributed by atoms with E-state index in [0.29, 0.717) is 0 Å². The molecule has 0 bridgehead atoms. The van der Waals surface area contributed by atoms with Gasteiger partial charge >= 0.3 is 11.9 Å². The third kappa shape index (κ3) is 6.32. The van der Waals surface area contributed by atoms with E-state index < -0.39 is 11.9 Å². The van der Waals surface area contributed by atoms with E-state index in [0.717, 1.165) is 34.8 Å². The van der Waals surface area contributed by atoms with E-state index in [1.165, 1.54) is 0 Å². The maximum atomic E-state index is 11.6. The SMILES string of the molecule is COc1ccc(COC(=O)/C=C/C(=O)OCc2ccc(OC)cc2)cc1. The normalized spacial score (nSPS) is 10.4. The molecule has 0 aliphatic carbocycles. The first kappa shape index (κ1) is 19.1. The lowest BCUT2D eigenvalue weighted by atomic mass is 10.2. The number of rotatable bonds is 8. The van der Waals surface area contributed by atoms with Gasteiger partial charge in [0.1, 0.15) is 24.7 Å². The van der Waals surface area contributed by atoms with Crippen LogP contribution in [0.5, 0.6) is 11.5 Å². The highest BCUT2D eigenvalue weighted by molar-refractivity contribution is 5.91. The van der Waals surface area contributed by atoms with Crippen LogP contribution in [-0.2, 0) is 32.3 Å². The molecule has 0 amide bonds. The standard InChI is InChI=1S/C20H20O6/c1-23-17-7-3-15(4-8-17)13-25-19(21)11-12-20(22)26-14-16-5-9-18(24-2)10-6-16/h3-12H,13-14H2,1-2H3/b12-11+. The largest absolute Gasteiger partial charge is 0.497 e. The van der Waals surface area contributed by atoms with E-state index in [9.17, 15) is 9.59 Å². The van der Waals surface area contributed by atoms with Crippen LogP contribution < -0.4 is 9.47 Å². The van der Waals surface area contributed by atoms with Gasteiger partial charge in [0, 0.05) is 12.2 Å². The number of benzene rings is 2. The number of carbonyl (C=O) groups excluding carboxylic acids is 2. The lowest BCUT2D eigenvalue weighted by Crippen LogP contribution is -2.04. The molecule has 0 aromatic heterocycles. The predicted molar refractivity (Wildman–Crippen MR) is 94.7 cm³/mol. The Hall–Kier alpha value is -3.28. The Morgan fingerprint density at radius 1 is 0.692 bits per heavy atom. The van der Waals surface area contributed by atoms with Crippen molar-refractivity contribution in [1.29, 1.82) is 0 Å². The molecule has 0 atom stereocenters. The van der Waals surface area contributed by atoms with Crippen molar-refractivity contribution in [3.05, 3.63) is 71.8 Å². The van der Waals surface area contributed by atoms with Crippen molar-refractivity contribution in [2.45, 2.75) is 13.2 Å². The zero-order valence-corrected chi connectivity index (χ0v) is 14.6. The molecule has 0 fully saturated rings. The predicted octanol–water partition coefficient (Wildman–Crippen LogP) is 3.05. The van der Waals surface area contributed by atoms with Gasteiger partial charge in [-0.2, -0.15) is 0 Å². The fraction of sp³-hybridized carbons (Fsp3) is 0.200. The molecular formula is C20H20O6. The van der Waals surface area contributed by atoms with Crippen molar-refractivity contribution in [3.63, 3.8) is 0 Å². The van der Waals surface area contributed by atoms with E-state index in [4.69, 9.17) is 18.9 Å². The zero-order chi connectivity index (χ0) is 18.8. The zero-order valence-electron chi connectivity index (χ0n) is 14.6. The fourth-order valence-electron chi connectivity index (χ4n) is 1.98. The molecule has 0 heterocycles. The molecule has 0 aliphatic heterocycles. The monoisotopic (exact) mass is 356 g/mol. The van der Waals surface area contributed by atoms with E-state index in [-0.39, 0.29) is 13.2 Å². The first-order chi connectivity index (χ1) is 12.6. The van der Waals surface area contributed by atoms with Crippen LogP contribution in [0.25, 0.3) is 0 Å². The highest BCUT2D eigenvalue weighted by Gasteiger charge is 2.03. The maximum absolute atomic E-state index is 11.6. The molecule has 136 valence electrons. The lowest BCUT2D eigenvalue weighted by molar-refractivity contribution is -0.141. The van der Waals surface area contributed by atoms with Crippen LogP contribution in [0.3, 0.4) is 0 Å². The van der Waals surface area contributed by atoms with Crippen molar-refractivity contribution in [2.75, 3.05) is 14.2 Å². The molecule has 0 saturated carbocycles. The molecular weight excluding hydrogens is 336 g/mol. The first-order valence-electron chi connectivity index (χ1n) is 7.88. The number of hydrogen-bond donors (Lipinski definition) is 0. The van der Waals surface area contributed by atoms with Gasteiger partial charge in [-0.3, -0.25) is 0 Å². The summed E-state index contributed by atoms with van der Waals surface area (Å²) in [5.41, 5.74) is 1.63. The molecule has 6 nitrogen and oxygen atoms in total. The molecule has 0 radical (unpaired) electrons. The number of ether oxygens (including phenoxy) is 4. The summed E-state index contributed by atoms with van der Waals surface area (Å²) in [7, 11) is 3.15. The second-order valence-electron chi connectivity index (χ2n) is 5.24. The van der Waals surface area contributed by atoms with Crippen LogP contribution >= 0.6 is 0 Å². The highest BCUT2D eigenvalue weighted by Crippen LogP contribution is 2.13. The molecule has 0 unspecified atom stereocenters. The molecule has 6 heteroatoms. The van der Waals surface area contributed by atoms with Crippen molar-refractivity contribution in [2.24, 2.45) is 0 Å².